The van der Waals surface area contributed by atoms with Crippen molar-refractivity contribution in [3.8, 4) is 5.88 Å². The van der Waals surface area contributed by atoms with Crippen LogP contribution in [0.4, 0.5) is 0 Å². The van der Waals surface area contributed by atoms with Crippen molar-refractivity contribution in [2.45, 2.75) is 31.8 Å². The third-order valence-electron chi connectivity index (χ3n) is 5.30. The smallest absolute Gasteiger partial charge is 0.257 e. The standard InChI is InChI=1S/C19H25N5O3/c1-14-8-20-10-17(22-14)26-5-3-15-4-6-27-19(7-15)12-24(13-19)18(25)16-9-21-23(2)11-16/h8-11,15H,3-7,12-13H2,1-2H3/t15-/m1/s1. The molecule has 4 rings (SSSR count). The maximum absolute atomic E-state index is 12.5. The van der Waals surface area contributed by atoms with Crippen LogP contribution in [-0.2, 0) is 11.8 Å². The molecule has 8 nitrogen and oxygen atoms in total. The van der Waals surface area contributed by atoms with Crippen LogP contribution in [0.5, 0.6) is 5.88 Å². The van der Waals surface area contributed by atoms with E-state index in [1.54, 1.807) is 29.5 Å². The maximum atomic E-state index is 12.5. The average Bonchev–Trinajstić information content (AvgIpc) is 3.06. The molecule has 2 fully saturated rings. The number of amides is 1. The van der Waals surface area contributed by atoms with Crippen molar-refractivity contribution < 1.29 is 14.3 Å². The quantitative estimate of drug-likeness (QED) is 0.794. The Morgan fingerprint density at radius 1 is 1.37 bits per heavy atom. The predicted octanol–water partition coefficient (Wildman–Crippen LogP) is 1.61. The lowest BCUT2D eigenvalue weighted by Gasteiger charge is -2.53. The highest BCUT2D eigenvalue weighted by molar-refractivity contribution is 5.94. The molecule has 2 aromatic heterocycles. The molecule has 1 amide bonds. The summed E-state index contributed by atoms with van der Waals surface area (Å²) in [5, 5.41) is 4.07. The Morgan fingerprint density at radius 3 is 2.96 bits per heavy atom. The van der Waals surface area contributed by atoms with Gasteiger partial charge in [0.1, 0.15) is 5.60 Å². The highest BCUT2D eigenvalue weighted by Crippen LogP contribution is 2.38. The Labute approximate surface area is 158 Å². The molecular formula is C19H25N5O3. The molecule has 1 atom stereocenters. The topological polar surface area (TPSA) is 82.4 Å². The zero-order valence-corrected chi connectivity index (χ0v) is 15.8. The third kappa shape index (κ3) is 3.95. The van der Waals surface area contributed by atoms with Gasteiger partial charge in [-0.3, -0.25) is 14.5 Å². The largest absolute Gasteiger partial charge is 0.477 e. The van der Waals surface area contributed by atoms with Gasteiger partial charge in [-0.05, 0) is 32.1 Å². The van der Waals surface area contributed by atoms with Crippen molar-refractivity contribution in [3.05, 3.63) is 36.0 Å². The number of nitrogens with zero attached hydrogens (tertiary/aromatic N) is 5. The van der Waals surface area contributed by atoms with Gasteiger partial charge in [0.05, 0.1) is 43.3 Å². The van der Waals surface area contributed by atoms with Crippen molar-refractivity contribution in [2.75, 3.05) is 26.3 Å². The van der Waals surface area contributed by atoms with E-state index >= 15 is 0 Å². The Balaban J connectivity index is 1.26. The Morgan fingerprint density at radius 2 is 2.22 bits per heavy atom. The second-order valence-electron chi connectivity index (χ2n) is 7.59. The summed E-state index contributed by atoms with van der Waals surface area (Å²) in [4.78, 5) is 22.7. The SMILES string of the molecule is Cc1cncc(OCC[C@@H]2CCOC3(C2)CN(C(=O)c2cnn(C)c2)C3)n1. The van der Waals surface area contributed by atoms with E-state index in [1.165, 1.54) is 0 Å². The van der Waals surface area contributed by atoms with Crippen molar-refractivity contribution in [1.82, 2.24) is 24.6 Å². The van der Waals surface area contributed by atoms with Gasteiger partial charge in [0.2, 0.25) is 5.88 Å². The molecule has 8 heteroatoms. The van der Waals surface area contributed by atoms with E-state index in [0.29, 0.717) is 37.1 Å². The number of rotatable bonds is 5. The molecule has 0 aliphatic carbocycles. The van der Waals surface area contributed by atoms with Crippen LogP contribution in [0, 0.1) is 12.8 Å². The van der Waals surface area contributed by atoms with Gasteiger partial charge in [0.25, 0.3) is 5.91 Å². The summed E-state index contributed by atoms with van der Waals surface area (Å²) < 4.78 is 13.4. The Bertz CT molecular complexity index is 815. The van der Waals surface area contributed by atoms with Crippen LogP contribution in [0.1, 0.15) is 35.3 Å². The molecule has 0 bridgehead atoms. The molecule has 2 aromatic rings. The van der Waals surface area contributed by atoms with Gasteiger partial charge in [0, 0.05) is 26.0 Å². The van der Waals surface area contributed by atoms with Crippen LogP contribution in [0.2, 0.25) is 0 Å². The van der Waals surface area contributed by atoms with Crippen molar-refractivity contribution in [3.63, 3.8) is 0 Å². The summed E-state index contributed by atoms with van der Waals surface area (Å²) in [7, 11) is 1.81. The predicted molar refractivity (Wildman–Crippen MR) is 97.4 cm³/mol. The number of hydrogen-bond acceptors (Lipinski definition) is 6. The summed E-state index contributed by atoms with van der Waals surface area (Å²) in [6.07, 6.45) is 9.68. The first-order chi connectivity index (χ1) is 13.0. The van der Waals surface area contributed by atoms with Crippen LogP contribution in [-0.4, -0.2) is 62.5 Å². The van der Waals surface area contributed by atoms with E-state index in [4.69, 9.17) is 9.47 Å². The highest BCUT2D eigenvalue weighted by Gasteiger charge is 2.49. The summed E-state index contributed by atoms with van der Waals surface area (Å²) in [6.45, 7) is 4.57. The molecule has 2 aliphatic rings. The summed E-state index contributed by atoms with van der Waals surface area (Å²) in [5.41, 5.74) is 1.29. The second-order valence-corrected chi connectivity index (χ2v) is 7.59. The van der Waals surface area contributed by atoms with E-state index in [-0.39, 0.29) is 11.5 Å². The Hall–Kier alpha value is -2.48. The minimum Gasteiger partial charge on any atom is -0.477 e. The molecule has 0 unspecified atom stereocenters. The van der Waals surface area contributed by atoms with E-state index in [1.807, 2.05) is 18.9 Å². The lowest BCUT2D eigenvalue weighted by atomic mass is 9.79. The van der Waals surface area contributed by atoms with Crippen molar-refractivity contribution >= 4 is 5.91 Å². The fourth-order valence-corrected chi connectivity index (χ4v) is 3.94. The zero-order valence-electron chi connectivity index (χ0n) is 15.8. The lowest BCUT2D eigenvalue weighted by Crippen LogP contribution is -2.66. The first-order valence-corrected chi connectivity index (χ1v) is 9.36. The summed E-state index contributed by atoms with van der Waals surface area (Å²) in [5.74, 6) is 1.14. The minimum atomic E-state index is -0.191. The number of hydrogen-bond donors (Lipinski definition) is 0. The molecular weight excluding hydrogens is 346 g/mol. The molecule has 2 aliphatic heterocycles. The van der Waals surface area contributed by atoms with Gasteiger partial charge in [0.15, 0.2) is 0 Å². The fourth-order valence-electron chi connectivity index (χ4n) is 3.94. The Kier molecular flexibility index (Phi) is 4.82. The monoisotopic (exact) mass is 371 g/mol. The zero-order chi connectivity index (χ0) is 18.9. The number of carbonyl (C=O) groups excluding carboxylic acids is 1. The van der Waals surface area contributed by atoms with Crippen LogP contribution < -0.4 is 4.74 Å². The van der Waals surface area contributed by atoms with Crippen LogP contribution in [0.15, 0.2) is 24.8 Å². The normalized spacial score (nSPS) is 21.1. The van der Waals surface area contributed by atoms with E-state index in [2.05, 4.69) is 15.1 Å². The van der Waals surface area contributed by atoms with Gasteiger partial charge in [-0.15, -0.1) is 0 Å². The molecule has 144 valence electrons. The van der Waals surface area contributed by atoms with Gasteiger partial charge in [-0.25, -0.2) is 4.98 Å². The van der Waals surface area contributed by atoms with Gasteiger partial charge >= 0.3 is 0 Å². The second kappa shape index (κ2) is 7.26. The number of aromatic nitrogens is 4. The van der Waals surface area contributed by atoms with Crippen LogP contribution >= 0.6 is 0 Å². The summed E-state index contributed by atoms with van der Waals surface area (Å²) in [6, 6.07) is 0. The van der Waals surface area contributed by atoms with Gasteiger partial charge in [-0.1, -0.05) is 0 Å². The van der Waals surface area contributed by atoms with Gasteiger partial charge in [-0.2, -0.15) is 5.10 Å². The first-order valence-electron chi connectivity index (χ1n) is 9.36. The number of likely N-dealkylation sites (tertiary alicyclic amines) is 1. The van der Waals surface area contributed by atoms with Crippen LogP contribution in [0.3, 0.4) is 0 Å². The average molecular weight is 371 g/mol. The molecule has 0 N–H and O–H groups in total. The molecule has 27 heavy (non-hydrogen) atoms. The molecule has 2 saturated heterocycles. The number of carbonyl (C=O) groups is 1. The molecule has 0 radical (unpaired) electrons. The third-order valence-corrected chi connectivity index (χ3v) is 5.30. The lowest BCUT2D eigenvalue weighted by molar-refractivity contribution is -0.166. The van der Waals surface area contributed by atoms with Crippen LogP contribution in [0.25, 0.3) is 0 Å². The van der Waals surface area contributed by atoms with E-state index < -0.39 is 0 Å². The van der Waals surface area contributed by atoms with Gasteiger partial charge < -0.3 is 14.4 Å². The number of aryl methyl sites for hydroxylation is 2. The number of ether oxygens (including phenoxy) is 2. The minimum absolute atomic E-state index is 0.0285. The molecule has 1 spiro atoms. The summed E-state index contributed by atoms with van der Waals surface area (Å²) >= 11 is 0. The molecule has 0 aromatic carbocycles. The highest BCUT2D eigenvalue weighted by atomic mass is 16.5. The van der Waals surface area contributed by atoms with E-state index in [9.17, 15) is 4.79 Å². The first kappa shape index (κ1) is 17.9. The van der Waals surface area contributed by atoms with Crippen molar-refractivity contribution in [2.24, 2.45) is 13.0 Å². The molecule has 0 saturated carbocycles. The maximum Gasteiger partial charge on any atom is 0.257 e. The van der Waals surface area contributed by atoms with Crippen molar-refractivity contribution in [1.29, 1.82) is 0 Å². The fraction of sp³-hybridized carbons (Fsp3) is 0.579. The molecule has 4 heterocycles. The van der Waals surface area contributed by atoms with E-state index in [0.717, 1.165) is 31.6 Å².